The molecule has 1 N–H and O–H groups in total. The van der Waals surface area contributed by atoms with Crippen LogP contribution in [0.4, 0.5) is 0 Å². The zero-order valence-electron chi connectivity index (χ0n) is 16.5. The number of nitrogens with zero attached hydrogens (tertiary/aromatic N) is 1. The number of amides is 1. The summed E-state index contributed by atoms with van der Waals surface area (Å²) >= 11 is 11.8. The van der Waals surface area contributed by atoms with Crippen molar-refractivity contribution >= 4 is 41.3 Å². The summed E-state index contributed by atoms with van der Waals surface area (Å²) in [5, 5.41) is 4.66. The number of esters is 1. The quantitative estimate of drug-likeness (QED) is 0.233. The molecule has 0 radical (unpaired) electrons. The average Bonchev–Trinajstić information content (AvgIpc) is 2.74. The number of carbonyl (C=O) groups is 2. The van der Waals surface area contributed by atoms with Gasteiger partial charge in [-0.1, -0.05) is 40.9 Å². The smallest absolute Gasteiger partial charge is 0.343 e. The highest BCUT2D eigenvalue weighted by atomic mass is 35.5. The minimum Gasteiger partial charge on any atom is -0.482 e. The van der Waals surface area contributed by atoms with E-state index in [1.165, 1.54) is 12.3 Å². The average molecular weight is 457 g/mol. The fourth-order valence-corrected chi connectivity index (χ4v) is 2.97. The number of rotatable bonds is 7. The molecule has 31 heavy (non-hydrogen) atoms. The van der Waals surface area contributed by atoms with Crippen LogP contribution in [0.25, 0.3) is 0 Å². The SMILES string of the molecule is Cc1cccc(C(=O)Oc2ccc(/C=N/NC(=O)COc3ccc(Cl)cc3Cl)cc2)c1. The van der Waals surface area contributed by atoms with Gasteiger partial charge in [-0.25, -0.2) is 10.2 Å². The van der Waals surface area contributed by atoms with Crippen LogP contribution in [0.15, 0.2) is 71.8 Å². The lowest BCUT2D eigenvalue weighted by Gasteiger charge is -2.07. The second kappa shape index (κ2) is 10.6. The largest absolute Gasteiger partial charge is 0.482 e. The van der Waals surface area contributed by atoms with Crippen molar-refractivity contribution in [3.05, 3.63) is 93.5 Å². The zero-order chi connectivity index (χ0) is 22.2. The molecule has 0 aromatic heterocycles. The number of hydrazone groups is 1. The Hall–Kier alpha value is -3.35. The Bertz CT molecular complexity index is 1110. The molecule has 0 aliphatic heterocycles. The number of hydrogen-bond donors (Lipinski definition) is 1. The molecular weight excluding hydrogens is 439 g/mol. The first-order valence-corrected chi connectivity index (χ1v) is 9.95. The topological polar surface area (TPSA) is 77.0 Å². The zero-order valence-corrected chi connectivity index (χ0v) is 18.0. The van der Waals surface area contributed by atoms with Crippen LogP contribution >= 0.6 is 23.2 Å². The fourth-order valence-electron chi connectivity index (χ4n) is 2.51. The summed E-state index contributed by atoms with van der Waals surface area (Å²) in [5.41, 5.74) is 4.52. The maximum absolute atomic E-state index is 12.2. The highest BCUT2D eigenvalue weighted by Crippen LogP contribution is 2.27. The number of hydrogen-bond acceptors (Lipinski definition) is 5. The Morgan fingerprint density at radius 2 is 1.81 bits per heavy atom. The van der Waals surface area contributed by atoms with Crippen molar-refractivity contribution in [2.45, 2.75) is 6.92 Å². The Labute approximate surface area is 189 Å². The lowest BCUT2D eigenvalue weighted by Crippen LogP contribution is -2.24. The van der Waals surface area contributed by atoms with Crippen LogP contribution < -0.4 is 14.9 Å². The molecule has 0 heterocycles. The van der Waals surface area contributed by atoms with Crippen molar-refractivity contribution in [2.75, 3.05) is 6.61 Å². The van der Waals surface area contributed by atoms with E-state index in [0.717, 1.165) is 5.56 Å². The van der Waals surface area contributed by atoms with Crippen LogP contribution in [0.3, 0.4) is 0 Å². The third kappa shape index (κ3) is 6.84. The van der Waals surface area contributed by atoms with Gasteiger partial charge in [0.05, 0.1) is 16.8 Å². The van der Waals surface area contributed by atoms with Gasteiger partial charge in [0.15, 0.2) is 6.61 Å². The number of carbonyl (C=O) groups excluding carboxylic acids is 2. The van der Waals surface area contributed by atoms with Gasteiger partial charge in [0.25, 0.3) is 5.91 Å². The monoisotopic (exact) mass is 456 g/mol. The van der Waals surface area contributed by atoms with Crippen LogP contribution in [0.5, 0.6) is 11.5 Å². The molecule has 3 aromatic carbocycles. The number of nitrogens with one attached hydrogen (secondary N) is 1. The van der Waals surface area contributed by atoms with Crippen molar-refractivity contribution in [1.29, 1.82) is 0 Å². The lowest BCUT2D eigenvalue weighted by molar-refractivity contribution is -0.123. The molecule has 0 saturated carbocycles. The van der Waals surface area contributed by atoms with Gasteiger partial charge in [-0.05, 0) is 67.1 Å². The molecule has 6 nitrogen and oxygen atoms in total. The van der Waals surface area contributed by atoms with Gasteiger partial charge in [0.2, 0.25) is 0 Å². The molecule has 3 rings (SSSR count). The molecular formula is C23H18Cl2N2O4. The van der Waals surface area contributed by atoms with E-state index in [-0.39, 0.29) is 6.61 Å². The van der Waals surface area contributed by atoms with Crippen LogP contribution in [0, 0.1) is 6.92 Å². The number of aryl methyl sites for hydroxylation is 1. The summed E-state index contributed by atoms with van der Waals surface area (Å²) in [7, 11) is 0. The van der Waals surface area contributed by atoms with Crippen molar-refractivity contribution in [1.82, 2.24) is 5.43 Å². The van der Waals surface area contributed by atoms with Gasteiger partial charge in [-0.3, -0.25) is 4.79 Å². The summed E-state index contributed by atoms with van der Waals surface area (Å²) in [5.74, 6) is -0.133. The van der Waals surface area contributed by atoms with E-state index >= 15 is 0 Å². The normalized spacial score (nSPS) is 10.7. The highest BCUT2D eigenvalue weighted by molar-refractivity contribution is 6.35. The molecule has 0 aliphatic rings. The maximum Gasteiger partial charge on any atom is 0.343 e. The number of ether oxygens (including phenoxy) is 2. The van der Waals surface area contributed by atoms with E-state index in [0.29, 0.717) is 32.7 Å². The fraction of sp³-hybridized carbons (Fsp3) is 0.0870. The first-order chi connectivity index (χ1) is 14.9. The van der Waals surface area contributed by atoms with Gasteiger partial charge in [0, 0.05) is 5.02 Å². The van der Waals surface area contributed by atoms with Crippen molar-refractivity contribution in [2.24, 2.45) is 5.10 Å². The molecule has 0 aliphatic carbocycles. The second-order valence-corrected chi connectivity index (χ2v) is 7.33. The maximum atomic E-state index is 12.2. The molecule has 1 amide bonds. The van der Waals surface area contributed by atoms with E-state index < -0.39 is 11.9 Å². The second-order valence-electron chi connectivity index (χ2n) is 6.48. The Morgan fingerprint density at radius 3 is 2.52 bits per heavy atom. The molecule has 0 saturated heterocycles. The Kier molecular flexibility index (Phi) is 7.65. The summed E-state index contributed by atoms with van der Waals surface area (Å²) in [4.78, 5) is 24.0. The van der Waals surface area contributed by atoms with E-state index in [1.54, 1.807) is 54.6 Å². The molecule has 0 bridgehead atoms. The van der Waals surface area contributed by atoms with E-state index in [1.807, 2.05) is 13.0 Å². The number of benzene rings is 3. The van der Waals surface area contributed by atoms with Crippen molar-refractivity contribution in [3.8, 4) is 11.5 Å². The molecule has 8 heteroatoms. The van der Waals surface area contributed by atoms with Gasteiger partial charge < -0.3 is 9.47 Å². The van der Waals surface area contributed by atoms with Gasteiger partial charge in [-0.2, -0.15) is 5.10 Å². The van der Waals surface area contributed by atoms with E-state index in [4.69, 9.17) is 32.7 Å². The highest BCUT2D eigenvalue weighted by Gasteiger charge is 2.09. The third-order valence-corrected chi connectivity index (χ3v) is 4.53. The summed E-state index contributed by atoms with van der Waals surface area (Å²) in [6, 6.07) is 18.6. The minimum atomic E-state index is -0.453. The molecule has 0 unspecified atom stereocenters. The predicted octanol–water partition coefficient (Wildman–Crippen LogP) is 5.05. The van der Waals surface area contributed by atoms with Crippen molar-refractivity contribution in [3.63, 3.8) is 0 Å². The first-order valence-electron chi connectivity index (χ1n) is 9.19. The Balaban J connectivity index is 1.47. The molecule has 158 valence electrons. The van der Waals surface area contributed by atoms with Crippen LogP contribution in [-0.2, 0) is 4.79 Å². The van der Waals surface area contributed by atoms with Gasteiger partial charge >= 0.3 is 5.97 Å². The molecule has 0 spiro atoms. The standard InChI is InChI=1S/C23H18Cl2N2O4/c1-15-3-2-4-17(11-15)23(29)31-19-8-5-16(6-9-19)13-26-27-22(28)14-30-21-10-7-18(24)12-20(21)25/h2-13H,14H2,1H3,(H,27,28)/b26-13+. The first kappa shape index (κ1) is 22.3. The summed E-state index contributed by atoms with van der Waals surface area (Å²) < 4.78 is 10.7. The Morgan fingerprint density at radius 1 is 1.03 bits per heavy atom. The molecule has 3 aromatic rings. The third-order valence-electron chi connectivity index (χ3n) is 4.00. The van der Waals surface area contributed by atoms with E-state index in [2.05, 4.69) is 10.5 Å². The predicted molar refractivity (Wildman–Crippen MR) is 120 cm³/mol. The lowest BCUT2D eigenvalue weighted by atomic mass is 10.1. The summed E-state index contributed by atoms with van der Waals surface area (Å²) in [6.07, 6.45) is 1.46. The minimum absolute atomic E-state index is 0.257. The van der Waals surface area contributed by atoms with Gasteiger partial charge in [0.1, 0.15) is 11.5 Å². The van der Waals surface area contributed by atoms with Crippen LogP contribution in [0.2, 0.25) is 10.0 Å². The number of halogens is 2. The van der Waals surface area contributed by atoms with E-state index in [9.17, 15) is 9.59 Å². The van der Waals surface area contributed by atoms with Crippen LogP contribution in [-0.4, -0.2) is 24.7 Å². The van der Waals surface area contributed by atoms with Crippen LogP contribution in [0.1, 0.15) is 21.5 Å². The van der Waals surface area contributed by atoms with Gasteiger partial charge in [-0.15, -0.1) is 0 Å². The molecule has 0 atom stereocenters. The van der Waals surface area contributed by atoms with Crippen molar-refractivity contribution < 1.29 is 19.1 Å². The summed E-state index contributed by atoms with van der Waals surface area (Å²) in [6.45, 7) is 1.65. The molecule has 0 fully saturated rings.